The lowest BCUT2D eigenvalue weighted by molar-refractivity contribution is 0.558. The second kappa shape index (κ2) is 4.59. The molecule has 3 heteroatoms. The Bertz CT molecular complexity index is 483. The van der Waals surface area contributed by atoms with E-state index in [1.54, 1.807) is 0 Å². The highest BCUT2D eigenvalue weighted by atomic mass is 32.2. The SMILES string of the molecule is NCc1ccc(CC2Cc3cocc3S2)cc1. The van der Waals surface area contributed by atoms with Crippen molar-refractivity contribution in [1.29, 1.82) is 0 Å². The Hall–Kier alpha value is -1.19. The molecule has 17 heavy (non-hydrogen) atoms. The second-order valence-corrected chi connectivity index (χ2v) is 5.77. The molecular weight excluding hydrogens is 230 g/mol. The van der Waals surface area contributed by atoms with Gasteiger partial charge < -0.3 is 10.2 Å². The third kappa shape index (κ3) is 2.26. The molecule has 0 amide bonds. The molecule has 2 heterocycles. The van der Waals surface area contributed by atoms with Gasteiger partial charge in [0.15, 0.2) is 0 Å². The minimum atomic E-state index is 0.621. The molecule has 3 rings (SSSR count). The van der Waals surface area contributed by atoms with Crippen LogP contribution in [0.25, 0.3) is 0 Å². The summed E-state index contributed by atoms with van der Waals surface area (Å²) < 4.78 is 5.18. The Morgan fingerprint density at radius 3 is 2.65 bits per heavy atom. The van der Waals surface area contributed by atoms with E-state index in [0.29, 0.717) is 11.8 Å². The van der Waals surface area contributed by atoms with Crippen molar-refractivity contribution in [2.24, 2.45) is 5.73 Å². The molecule has 2 N–H and O–H groups in total. The molecule has 0 aliphatic carbocycles. The fourth-order valence-corrected chi connectivity index (χ4v) is 3.51. The van der Waals surface area contributed by atoms with Crippen molar-refractivity contribution >= 4 is 11.8 Å². The first-order valence-corrected chi connectivity index (χ1v) is 6.73. The zero-order valence-electron chi connectivity index (χ0n) is 9.56. The molecule has 1 atom stereocenters. The minimum absolute atomic E-state index is 0.621. The van der Waals surface area contributed by atoms with E-state index in [-0.39, 0.29) is 0 Å². The number of thioether (sulfide) groups is 1. The summed E-state index contributed by atoms with van der Waals surface area (Å²) in [5.74, 6) is 0. The molecule has 0 bridgehead atoms. The number of hydrogen-bond donors (Lipinski definition) is 1. The van der Waals surface area contributed by atoms with E-state index >= 15 is 0 Å². The maximum atomic E-state index is 5.59. The second-order valence-electron chi connectivity index (χ2n) is 4.43. The number of furan rings is 1. The highest BCUT2D eigenvalue weighted by Gasteiger charge is 2.23. The van der Waals surface area contributed by atoms with Crippen molar-refractivity contribution in [2.45, 2.75) is 29.5 Å². The van der Waals surface area contributed by atoms with Gasteiger partial charge in [-0.15, -0.1) is 11.8 Å². The molecule has 0 saturated carbocycles. The Labute approximate surface area is 105 Å². The van der Waals surface area contributed by atoms with Gasteiger partial charge in [0, 0.05) is 22.3 Å². The van der Waals surface area contributed by atoms with Crippen LogP contribution >= 0.6 is 11.8 Å². The summed E-state index contributed by atoms with van der Waals surface area (Å²) in [5, 5.41) is 0.653. The zero-order valence-corrected chi connectivity index (χ0v) is 10.4. The maximum Gasteiger partial charge on any atom is 0.104 e. The molecule has 0 fully saturated rings. The third-order valence-electron chi connectivity index (χ3n) is 3.17. The molecule has 1 aliphatic rings. The van der Waals surface area contributed by atoms with Gasteiger partial charge in [-0.25, -0.2) is 0 Å². The van der Waals surface area contributed by atoms with Gasteiger partial charge in [0.1, 0.15) is 6.26 Å². The van der Waals surface area contributed by atoms with Gasteiger partial charge in [-0.05, 0) is 24.0 Å². The fourth-order valence-electron chi connectivity index (χ4n) is 2.22. The molecule has 1 aromatic carbocycles. The van der Waals surface area contributed by atoms with Crippen molar-refractivity contribution in [3.05, 3.63) is 53.5 Å². The van der Waals surface area contributed by atoms with Crippen LogP contribution in [0.1, 0.15) is 16.7 Å². The van der Waals surface area contributed by atoms with E-state index in [1.807, 2.05) is 24.3 Å². The van der Waals surface area contributed by atoms with Crippen LogP contribution in [0.4, 0.5) is 0 Å². The minimum Gasteiger partial charge on any atom is -0.471 e. The normalized spacial score (nSPS) is 18.3. The van der Waals surface area contributed by atoms with Crippen LogP contribution in [0.5, 0.6) is 0 Å². The van der Waals surface area contributed by atoms with Gasteiger partial charge in [0.05, 0.1) is 6.26 Å². The third-order valence-corrected chi connectivity index (χ3v) is 4.44. The lowest BCUT2D eigenvalue weighted by Crippen LogP contribution is -2.05. The zero-order chi connectivity index (χ0) is 11.7. The summed E-state index contributed by atoms with van der Waals surface area (Å²) in [6.07, 6.45) is 5.97. The Balaban J connectivity index is 1.66. The quantitative estimate of drug-likeness (QED) is 0.903. The van der Waals surface area contributed by atoms with Crippen LogP contribution < -0.4 is 5.73 Å². The maximum absolute atomic E-state index is 5.59. The van der Waals surface area contributed by atoms with E-state index in [2.05, 4.69) is 24.3 Å². The summed E-state index contributed by atoms with van der Waals surface area (Å²) in [4.78, 5) is 1.31. The molecule has 0 radical (unpaired) electrons. The van der Waals surface area contributed by atoms with E-state index in [4.69, 9.17) is 10.2 Å². The highest BCUT2D eigenvalue weighted by molar-refractivity contribution is 8.00. The number of nitrogens with two attached hydrogens (primary N) is 1. The molecule has 0 saturated heterocycles. The predicted octanol–water partition coefficient (Wildman–Crippen LogP) is 3.00. The molecule has 2 aromatic rings. The molecule has 1 aromatic heterocycles. The Morgan fingerprint density at radius 1 is 1.18 bits per heavy atom. The van der Waals surface area contributed by atoms with Crippen molar-refractivity contribution < 1.29 is 4.42 Å². The lowest BCUT2D eigenvalue weighted by atomic mass is 10.0. The number of rotatable bonds is 3. The molecule has 1 unspecified atom stereocenters. The van der Waals surface area contributed by atoms with Crippen LogP contribution in [0, 0.1) is 0 Å². The molecular formula is C14H15NOS. The monoisotopic (exact) mass is 245 g/mol. The fraction of sp³-hybridized carbons (Fsp3) is 0.286. The summed E-state index contributed by atoms with van der Waals surface area (Å²) in [7, 11) is 0. The lowest BCUT2D eigenvalue weighted by Gasteiger charge is -2.09. The van der Waals surface area contributed by atoms with Gasteiger partial charge in [0.2, 0.25) is 0 Å². The van der Waals surface area contributed by atoms with E-state index in [1.165, 1.54) is 21.6 Å². The summed E-state index contributed by atoms with van der Waals surface area (Å²) in [6, 6.07) is 8.63. The highest BCUT2D eigenvalue weighted by Crippen LogP contribution is 2.39. The smallest absolute Gasteiger partial charge is 0.104 e. The van der Waals surface area contributed by atoms with E-state index in [9.17, 15) is 0 Å². The van der Waals surface area contributed by atoms with Crippen molar-refractivity contribution in [3.8, 4) is 0 Å². The van der Waals surface area contributed by atoms with Gasteiger partial charge >= 0.3 is 0 Å². The summed E-state index contributed by atoms with van der Waals surface area (Å²) in [6.45, 7) is 0.621. The van der Waals surface area contributed by atoms with Crippen molar-refractivity contribution in [1.82, 2.24) is 0 Å². The van der Waals surface area contributed by atoms with Gasteiger partial charge in [-0.1, -0.05) is 24.3 Å². The molecule has 1 aliphatic heterocycles. The average molecular weight is 245 g/mol. The summed E-state index contributed by atoms with van der Waals surface area (Å²) in [5.41, 5.74) is 9.54. The van der Waals surface area contributed by atoms with Crippen molar-refractivity contribution in [2.75, 3.05) is 0 Å². The average Bonchev–Trinajstić information content (AvgIpc) is 2.90. The Kier molecular flexibility index (Phi) is 2.95. The van der Waals surface area contributed by atoms with Gasteiger partial charge in [-0.3, -0.25) is 0 Å². The standard InChI is InChI=1S/C14H15NOS/c15-7-11-3-1-10(2-4-11)5-13-6-12-8-16-9-14(12)17-13/h1-4,8-9,13H,5-7,15H2. The van der Waals surface area contributed by atoms with Gasteiger partial charge in [0.25, 0.3) is 0 Å². The van der Waals surface area contributed by atoms with Crippen LogP contribution in [0.2, 0.25) is 0 Å². The van der Waals surface area contributed by atoms with Crippen LogP contribution in [0.3, 0.4) is 0 Å². The first-order valence-electron chi connectivity index (χ1n) is 5.85. The van der Waals surface area contributed by atoms with Crippen LogP contribution in [-0.4, -0.2) is 5.25 Å². The first kappa shape index (κ1) is 10.9. The number of benzene rings is 1. The molecule has 0 spiro atoms. The van der Waals surface area contributed by atoms with Crippen LogP contribution in [0.15, 0.2) is 46.1 Å². The van der Waals surface area contributed by atoms with E-state index in [0.717, 1.165) is 12.8 Å². The molecule has 88 valence electrons. The first-order chi connectivity index (χ1) is 8.35. The molecule has 2 nitrogen and oxygen atoms in total. The van der Waals surface area contributed by atoms with Crippen LogP contribution in [-0.2, 0) is 19.4 Å². The van der Waals surface area contributed by atoms with E-state index < -0.39 is 0 Å². The largest absolute Gasteiger partial charge is 0.471 e. The topological polar surface area (TPSA) is 39.2 Å². The van der Waals surface area contributed by atoms with Gasteiger partial charge in [-0.2, -0.15) is 0 Å². The predicted molar refractivity (Wildman–Crippen MR) is 70.1 cm³/mol. The number of fused-ring (bicyclic) bond motifs is 1. The number of hydrogen-bond acceptors (Lipinski definition) is 3. The summed E-state index contributed by atoms with van der Waals surface area (Å²) >= 11 is 1.93. The van der Waals surface area contributed by atoms with Crippen molar-refractivity contribution in [3.63, 3.8) is 0 Å². The Morgan fingerprint density at radius 2 is 1.94 bits per heavy atom.